The molecule has 1 unspecified atom stereocenters. The SMILES string of the molecule is COc1ccc(-c2nc(SC(C)C(=O)NCc3ccccc3)n[nH]2)cc1. The number of ether oxygens (including phenoxy) is 1. The van der Waals surface area contributed by atoms with Crippen molar-refractivity contribution in [1.82, 2.24) is 20.5 Å². The Morgan fingerprint density at radius 3 is 2.62 bits per heavy atom. The molecule has 134 valence electrons. The predicted octanol–water partition coefficient (Wildman–Crippen LogP) is 3.28. The number of carbonyl (C=O) groups excluding carboxylic acids is 1. The zero-order valence-electron chi connectivity index (χ0n) is 14.6. The third-order valence-corrected chi connectivity index (χ3v) is 4.75. The molecule has 0 saturated carbocycles. The lowest BCUT2D eigenvalue weighted by Crippen LogP contribution is -2.30. The van der Waals surface area contributed by atoms with Crippen LogP contribution in [0.1, 0.15) is 12.5 Å². The molecule has 7 heteroatoms. The van der Waals surface area contributed by atoms with Crippen molar-refractivity contribution in [2.24, 2.45) is 0 Å². The molecule has 1 aromatic heterocycles. The third kappa shape index (κ3) is 4.64. The van der Waals surface area contributed by atoms with Gasteiger partial charge in [-0.25, -0.2) is 4.98 Å². The van der Waals surface area contributed by atoms with Crippen molar-refractivity contribution >= 4 is 17.7 Å². The molecule has 0 bridgehead atoms. The highest BCUT2D eigenvalue weighted by Gasteiger charge is 2.17. The molecular formula is C19H20N4O2S. The maximum atomic E-state index is 12.3. The van der Waals surface area contributed by atoms with Gasteiger partial charge in [0.15, 0.2) is 5.82 Å². The number of carbonyl (C=O) groups is 1. The minimum absolute atomic E-state index is 0.0466. The Bertz CT molecular complexity index is 849. The molecule has 6 nitrogen and oxygen atoms in total. The van der Waals surface area contributed by atoms with E-state index in [-0.39, 0.29) is 11.2 Å². The Morgan fingerprint density at radius 1 is 1.19 bits per heavy atom. The summed E-state index contributed by atoms with van der Waals surface area (Å²) in [7, 11) is 1.63. The summed E-state index contributed by atoms with van der Waals surface area (Å²) in [6.45, 7) is 2.35. The number of aromatic nitrogens is 3. The van der Waals surface area contributed by atoms with Gasteiger partial charge >= 0.3 is 0 Å². The zero-order valence-corrected chi connectivity index (χ0v) is 15.4. The van der Waals surface area contributed by atoms with Crippen LogP contribution in [0.2, 0.25) is 0 Å². The minimum Gasteiger partial charge on any atom is -0.497 e. The van der Waals surface area contributed by atoms with Crippen LogP contribution in [0.15, 0.2) is 59.8 Å². The second kappa shape index (κ2) is 8.53. The summed E-state index contributed by atoms with van der Waals surface area (Å²) in [5.41, 5.74) is 1.98. The number of nitrogens with one attached hydrogen (secondary N) is 2. The molecule has 2 aromatic carbocycles. The molecule has 0 aliphatic heterocycles. The molecule has 0 aliphatic carbocycles. The van der Waals surface area contributed by atoms with Gasteiger partial charge < -0.3 is 10.1 Å². The first-order valence-electron chi connectivity index (χ1n) is 8.21. The number of hydrogen-bond acceptors (Lipinski definition) is 5. The maximum Gasteiger partial charge on any atom is 0.233 e. The summed E-state index contributed by atoms with van der Waals surface area (Å²) in [5.74, 6) is 1.40. The highest BCUT2D eigenvalue weighted by molar-refractivity contribution is 8.00. The lowest BCUT2D eigenvalue weighted by molar-refractivity contribution is -0.120. The number of benzene rings is 2. The van der Waals surface area contributed by atoms with E-state index in [1.807, 2.05) is 61.5 Å². The van der Waals surface area contributed by atoms with Crippen molar-refractivity contribution < 1.29 is 9.53 Å². The molecular weight excluding hydrogens is 348 g/mol. The van der Waals surface area contributed by atoms with E-state index < -0.39 is 0 Å². The van der Waals surface area contributed by atoms with Gasteiger partial charge in [0, 0.05) is 12.1 Å². The summed E-state index contributed by atoms with van der Waals surface area (Å²) in [6, 6.07) is 17.4. The smallest absolute Gasteiger partial charge is 0.233 e. The highest BCUT2D eigenvalue weighted by atomic mass is 32.2. The van der Waals surface area contributed by atoms with E-state index >= 15 is 0 Å². The molecule has 26 heavy (non-hydrogen) atoms. The van der Waals surface area contributed by atoms with Crippen molar-refractivity contribution in [2.45, 2.75) is 23.9 Å². The van der Waals surface area contributed by atoms with Gasteiger partial charge in [0.25, 0.3) is 0 Å². The molecule has 1 amide bonds. The van der Waals surface area contributed by atoms with Crippen LogP contribution in [0.25, 0.3) is 11.4 Å². The van der Waals surface area contributed by atoms with Crippen molar-refractivity contribution in [2.75, 3.05) is 7.11 Å². The summed E-state index contributed by atoms with van der Waals surface area (Å²) < 4.78 is 5.15. The lowest BCUT2D eigenvalue weighted by atomic mass is 10.2. The van der Waals surface area contributed by atoms with Crippen molar-refractivity contribution in [1.29, 1.82) is 0 Å². The van der Waals surface area contributed by atoms with E-state index in [9.17, 15) is 4.79 Å². The van der Waals surface area contributed by atoms with Crippen LogP contribution in [0, 0.1) is 0 Å². The molecule has 0 radical (unpaired) electrons. The first-order valence-corrected chi connectivity index (χ1v) is 9.09. The van der Waals surface area contributed by atoms with Crippen LogP contribution in [0.3, 0.4) is 0 Å². The molecule has 0 spiro atoms. The largest absolute Gasteiger partial charge is 0.497 e. The Balaban J connectivity index is 1.56. The Kier molecular flexibility index (Phi) is 5.91. The number of thioether (sulfide) groups is 1. The molecule has 2 N–H and O–H groups in total. The fourth-order valence-electron chi connectivity index (χ4n) is 2.32. The standard InChI is InChI=1S/C19H20N4O2S/c1-13(18(24)20-12-14-6-4-3-5-7-14)26-19-21-17(22-23-19)15-8-10-16(25-2)11-9-15/h3-11,13H,12H2,1-2H3,(H,20,24)(H,21,22,23). The second-order valence-corrected chi connectivity index (χ2v) is 6.97. The second-order valence-electron chi connectivity index (χ2n) is 5.66. The molecule has 3 aromatic rings. The zero-order chi connectivity index (χ0) is 18.4. The fraction of sp³-hybridized carbons (Fsp3) is 0.211. The third-order valence-electron chi connectivity index (χ3n) is 3.79. The number of hydrogen-bond donors (Lipinski definition) is 2. The predicted molar refractivity (Wildman–Crippen MR) is 102 cm³/mol. The summed E-state index contributed by atoms with van der Waals surface area (Å²) in [4.78, 5) is 16.7. The molecule has 0 aliphatic rings. The summed E-state index contributed by atoms with van der Waals surface area (Å²) in [6.07, 6.45) is 0. The van der Waals surface area contributed by atoms with E-state index in [0.717, 1.165) is 16.9 Å². The van der Waals surface area contributed by atoms with Gasteiger partial charge in [-0.2, -0.15) is 0 Å². The van der Waals surface area contributed by atoms with Gasteiger partial charge in [0.1, 0.15) is 5.75 Å². The first kappa shape index (κ1) is 18.0. The molecule has 3 rings (SSSR count). The van der Waals surface area contributed by atoms with E-state index in [2.05, 4.69) is 20.5 Å². The fourth-order valence-corrected chi connectivity index (χ4v) is 3.07. The van der Waals surface area contributed by atoms with E-state index in [4.69, 9.17) is 4.74 Å². The summed E-state index contributed by atoms with van der Waals surface area (Å²) in [5, 5.41) is 10.3. The van der Waals surface area contributed by atoms with Crippen LogP contribution < -0.4 is 10.1 Å². The van der Waals surface area contributed by atoms with E-state index in [0.29, 0.717) is 17.5 Å². The van der Waals surface area contributed by atoms with E-state index in [1.165, 1.54) is 11.8 Å². The Morgan fingerprint density at radius 2 is 1.92 bits per heavy atom. The minimum atomic E-state index is -0.293. The average Bonchev–Trinajstić information content (AvgIpc) is 3.15. The van der Waals surface area contributed by atoms with E-state index in [1.54, 1.807) is 7.11 Å². The normalized spacial score (nSPS) is 11.8. The van der Waals surface area contributed by atoms with Crippen molar-refractivity contribution in [3.63, 3.8) is 0 Å². The van der Waals surface area contributed by atoms with Crippen LogP contribution in [-0.2, 0) is 11.3 Å². The number of H-pyrrole nitrogens is 1. The maximum absolute atomic E-state index is 12.3. The number of aromatic amines is 1. The summed E-state index contributed by atoms with van der Waals surface area (Å²) >= 11 is 1.32. The van der Waals surface area contributed by atoms with Gasteiger partial charge in [-0.1, -0.05) is 42.1 Å². The van der Waals surface area contributed by atoms with Crippen LogP contribution in [0.4, 0.5) is 0 Å². The molecule has 0 saturated heterocycles. The first-order chi connectivity index (χ1) is 12.7. The Hall–Kier alpha value is -2.80. The highest BCUT2D eigenvalue weighted by Crippen LogP contribution is 2.24. The van der Waals surface area contributed by atoms with Crippen molar-refractivity contribution in [3.05, 3.63) is 60.2 Å². The van der Waals surface area contributed by atoms with Crippen LogP contribution in [0.5, 0.6) is 5.75 Å². The van der Waals surface area contributed by atoms with Gasteiger partial charge in [0.05, 0.1) is 12.4 Å². The molecule has 1 atom stereocenters. The van der Waals surface area contributed by atoms with Gasteiger partial charge in [0.2, 0.25) is 11.1 Å². The topological polar surface area (TPSA) is 79.9 Å². The van der Waals surface area contributed by atoms with Gasteiger partial charge in [-0.3, -0.25) is 9.89 Å². The molecule has 0 fully saturated rings. The van der Waals surface area contributed by atoms with Gasteiger partial charge in [-0.05, 0) is 36.8 Å². The quantitative estimate of drug-likeness (QED) is 0.626. The Labute approximate surface area is 156 Å². The van der Waals surface area contributed by atoms with Gasteiger partial charge in [-0.15, -0.1) is 5.10 Å². The number of rotatable bonds is 7. The monoisotopic (exact) mass is 368 g/mol. The number of nitrogens with zero attached hydrogens (tertiary/aromatic N) is 2. The number of methoxy groups -OCH3 is 1. The lowest BCUT2D eigenvalue weighted by Gasteiger charge is -2.10. The van der Waals surface area contributed by atoms with Crippen LogP contribution >= 0.6 is 11.8 Å². The number of amides is 1. The van der Waals surface area contributed by atoms with Crippen LogP contribution in [-0.4, -0.2) is 33.4 Å². The van der Waals surface area contributed by atoms with Crippen molar-refractivity contribution in [3.8, 4) is 17.1 Å². The molecule has 1 heterocycles. The average molecular weight is 368 g/mol.